The van der Waals surface area contributed by atoms with Crippen LogP contribution in [0.25, 0.3) is 0 Å². The molecule has 6 heavy (non-hydrogen) atoms. The van der Waals surface area contributed by atoms with Crippen LogP contribution in [-0.2, 0) is 13.5 Å². The van der Waals surface area contributed by atoms with Gasteiger partial charge in [-0.1, -0.05) is 0 Å². The van der Waals surface area contributed by atoms with E-state index in [4.69, 9.17) is 5.11 Å². The first-order chi connectivity index (χ1) is 1.73. The number of thiocarbonyl (C=S) groups is 1. The van der Waals surface area contributed by atoms with Crippen molar-refractivity contribution in [3.63, 3.8) is 0 Å². The van der Waals surface area contributed by atoms with Crippen LogP contribution in [-0.4, -0.2) is 47.9 Å². The van der Waals surface area contributed by atoms with Crippen LogP contribution in [0, 0.1) is 0 Å². The Morgan fingerprint density at radius 2 is 1.67 bits per heavy atom. The Bertz CT molecular complexity index is 34.5. The molecule has 0 saturated heterocycles. The van der Waals surface area contributed by atoms with Gasteiger partial charge in [0.2, 0.25) is 0 Å². The van der Waals surface area contributed by atoms with Crippen molar-refractivity contribution in [2.24, 2.45) is 0 Å². The molecule has 0 bridgehead atoms. The fourth-order valence-corrected chi connectivity index (χ4v) is 0. The minimum absolute atomic E-state index is 0. The van der Waals surface area contributed by atoms with Gasteiger partial charge in [-0.15, -0.1) is 0 Å². The third-order valence-corrected chi connectivity index (χ3v) is 0. The van der Waals surface area contributed by atoms with Crippen LogP contribution in [0.2, 0.25) is 0 Å². The summed E-state index contributed by atoms with van der Waals surface area (Å²) in [5.41, 5.74) is 0. The average Bonchev–Trinajstić information content (AvgIpc) is 0.811. The smallest absolute Gasteiger partial charge is 2.00 e. The molecule has 0 aliphatic carbocycles. The summed E-state index contributed by atoms with van der Waals surface area (Å²) in [5.74, 6) is 0. The Hall–Kier alpha value is 1.50. The zero-order chi connectivity index (χ0) is 3.58. The third-order valence-electron chi connectivity index (χ3n) is 0. The Kier molecular flexibility index (Phi) is 25.3. The second-order valence-corrected chi connectivity index (χ2v) is 1.11. The first-order valence-electron chi connectivity index (χ1n) is 0.928. The van der Waals surface area contributed by atoms with Gasteiger partial charge >= 0.3 is 37.7 Å². The fraction of sp³-hybridized carbons (Fsp3) is 0.500. The molecule has 0 atom stereocenters. The molecular weight excluding hydrogens is 144 g/mol. The van der Waals surface area contributed by atoms with Crippen molar-refractivity contribution in [3.8, 4) is 0 Å². The molecule has 0 rings (SSSR count). The SMILES string of the molecule is CC(O)=S.[Ca+2].[S-2]. The van der Waals surface area contributed by atoms with Crippen molar-refractivity contribution in [3.05, 3.63) is 0 Å². The molecule has 0 heterocycles. The maximum Gasteiger partial charge on any atom is 2.00 e. The Morgan fingerprint density at radius 1 is 1.67 bits per heavy atom. The van der Waals surface area contributed by atoms with Crippen LogP contribution >= 0.6 is 12.2 Å². The molecular formula is C2H4CaOS2. The van der Waals surface area contributed by atoms with Gasteiger partial charge in [0.1, 0.15) is 0 Å². The average molecular weight is 148 g/mol. The summed E-state index contributed by atoms with van der Waals surface area (Å²) < 4.78 is 0. The summed E-state index contributed by atoms with van der Waals surface area (Å²) in [6.45, 7) is 1.45. The summed E-state index contributed by atoms with van der Waals surface area (Å²) >= 11 is 4.09. The molecule has 0 saturated carbocycles. The minimum Gasteiger partial charge on any atom is -2.00 e. The zero-order valence-electron chi connectivity index (χ0n) is 3.47. The van der Waals surface area contributed by atoms with E-state index < -0.39 is 0 Å². The molecule has 1 N–H and O–H groups in total. The zero-order valence-corrected chi connectivity index (χ0v) is 7.31. The van der Waals surface area contributed by atoms with Gasteiger partial charge in [0.05, 0.1) is 0 Å². The van der Waals surface area contributed by atoms with Crippen LogP contribution in [0.3, 0.4) is 0 Å². The standard InChI is InChI=1S/C2H4OS.Ca.S/c1-2(3)4;;/h1H3,(H,3,4);;/q;+2;-2. The Morgan fingerprint density at radius 3 is 1.67 bits per heavy atom. The van der Waals surface area contributed by atoms with Crippen molar-refractivity contribution in [1.29, 1.82) is 0 Å². The summed E-state index contributed by atoms with van der Waals surface area (Å²) in [7, 11) is 0. The molecule has 0 aliphatic heterocycles. The number of rotatable bonds is 0. The van der Waals surface area contributed by atoms with E-state index >= 15 is 0 Å². The Balaban J connectivity index is -0.0000000450. The van der Waals surface area contributed by atoms with Gasteiger partial charge in [-0.2, -0.15) is 0 Å². The summed E-state index contributed by atoms with van der Waals surface area (Å²) in [6, 6.07) is 0. The predicted molar refractivity (Wildman–Crippen MR) is 34.0 cm³/mol. The molecule has 0 aromatic rings. The van der Waals surface area contributed by atoms with Crippen molar-refractivity contribution in [2.75, 3.05) is 0 Å². The normalized spacial score (nSPS) is 4.17. The monoisotopic (exact) mass is 148 g/mol. The van der Waals surface area contributed by atoms with E-state index in [9.17, 15) is 0 Å². The molecule has 0 spiro atoms. The third kappa shape index (κ3) is 49.5. The second-order valence-electron chi connectivity index (χ2n) is 0.519. The first-order valence-corrected chi connectivity index (χ1v) is 1.34. The molecule has 0 fully saturated rings. The molecule has 0 aliphatic rings. The molecule has 4 heteroatoms. The van der Waals surface area contributed by atoms with Gasteiger partial charge in [0, 0.05) is 6.92 Å². The quantitative estimate of drug-likeness (QED) is 0.399. The molecule has 0 amide bonds. The summed E-state index contributed by atoms with van der Waals surface area (Å²) in [6.07, 6.45) is 0. The second kappa shape index (κ2) is 9.71. The van der Waals surface area contributed by atoms with E-state index in [1.165, 1.54) is 6.92 Å². The van der Waals surface area contributed by atoms with Crippen LogP contribution in [0.15, 0.2) is 0 Å². The molecule has 1 nitrogen and oxygen atoms in total. The van der Waals surface area contributed by atoms with E-state index in [1.807, 2.05) is 0 Å². The first kappa shape index (κ1) is 15.6. The van der Waals surface area contributed by atoms with Crippen LogP contribution in [0.5, 0.6) is 0 Å². The van der Waals surface area contributed by atoms with Crippen molar-refractivity contribution < 1.29 is 5.11 Å². The molecule has 0 aromatic carbocycles. The topological polar surface area (TPSA) is 20.2 Å². The largest absolute Gasteiger partial charge is 2.00 e. The van der Waals surface area contributed by atoms with E-state index in [0.717, 1.165) is 0 Å². The maximum absolute atomic E-state index is 7.79. The van der Waals surface area contributed by atoms with Crippen LogP contribution in [0.4, 0.5) is 0 Å². The van der Waals surface area contributed by atoms with E-state index in [0.29, 0.717) is 0 Å². The summed E-state index contributed by atoms with van der Waals surface area (Å²) in [4.78, 5) is 0. The summed E-state index contributed by atoms with van der Waals surface area (Å²) in [5, 5.41) is 7.79. The van der Waals surface area contributed by atoms with E-state index in [2.05, 4.69) is 12.2 Å². The van der Waals surface area contributed by atoms with E-state index in [1.54, 1.807) is 0 Å². The number of hydrogen-bond donors (Lipinski definition) is 1. The van der Waals surface area contributed by atoms with Gasteiger partial charge in [0.15, 0.2) is 5.05 Å². The predicted octanol–water partition coefficient (Wildman–Crippen LogP) is 0.508. The minimum atomic E-state index is 0. The molecule has 0 radical (unpaired) electrons. The number of aliphatic hydroxyl groups excluding tert-OH is 1. The molecule has 32 valence electrons. The number of hydrogen-bond acceptors (Lipinski definition) is 1. The van der Waals surface area contributed by atoms with Crippen molar-refractivity contribution >= 4 is 68.5 Å². The number of aliphatic hydroxyl groups is 1. The van der Waals surface area contributed by atoms with Gasteiger partial charge in [-0.05, 0) is 12.2 Å². The van der Waals surface area contributed by atoms with Crippen molar-refractivity contribution in [1.82, 2.24) is 0 Å². The molecule has 0 unspecified atom stereocenters. The molecule has 0 aromatic heterocycles. The fourth-order valence-electron chi connectivity index (χ4n) is 0. The van der Waals surface area contributed by atoms with E-state index in [-0.39, 0.29) is 56.3 Å². The van der Waals surface area contributed by atoms with Gasteiger partial charge in [0.25, 0.3) is 0 Å². The van der Waals surface area contributed by atoms with Gasteiger partial charge in [-0.25, -0.2) is 0 Å². The van der Waals surface area contributed by atoms with Gasteiger partial charge < -0.3 is 18.6 Å². The van der Waals surface area contributed by atoms with Gasteiger partial charge in [-0.3, -0.25) is 0 Å². The van der Waals surface area contributed by atoms with Crippen LogP contribution in [0.1, 0.15) is 6.92 Å². The van der Waals surface area contributed by atoms with Crippen LogP contribution < -0.4 is 0 Å². The Labute approximate surface area is 79.6 Å². The maximum atomic E-state index is 7.79. The van der Waals surface area contributed by atoms with Crippen molar-refractivity contribution in [2.45, 2.75) is 6.92 Å².